The van der Waals surface area contributed by atoms with Crippen LogP contribution in [0.5, 0.6) is 0 Å². The van der Waals surface area contributed by atoms with Crippen molar-refractivity contribution in [2.45, 2.75) is 48.3 Å². The molecule has 18 heavy (non-hydrogen) atoms. The van der Waals surface area contributed by atoms with Gasteiger partial charge in [-0.3, -0.25) is 4.21 Å². The molecule has 1 fully saturated rings. The van der Waals surface area contributed by atoms with E-state index in [0.717, 1.165) is 22.2 Å². The van der Waals surface area contributed by atoms with Crippen LogP contribution in [0.15, 0.2) is 33.6 Å². The van der Waals surface area contributed by atoms with E-state index in [1.54, 1.807) is 0 Å². The maximum Gasteiger partial charge on any atom is 0.0576 e. The highest BCUT2D eigenvalue weighted by atomic mass is 79.9. The molecule has 1 aromatic carbocycles. The SMILES string of the molecule is CNC1CCCCCC1S(=O)c1ccc(Br)cc1. The van der Waals surface area contributed by atoms with Gasteiger partial charge in [0.2, 0.25) is 0 Å². The Kier molecular flexibility index (Phi) is 5.39. The highest BCUT2D eigenvalue weighted by molar-refractivity contribution is 9.10. The number of hydrogen-bond acceptors (Lipinski definition) is 2. The number of halogens is 1. The van der Waals surface area contributed by atoms with Crippen molar-refractivity contribution in [3.63, 3.8) is 0 Å². The third-order valence-electron chi connectivity index (χ3n) is 3.64. The molecule has 0 aliphatic heterocycles. The van der Waals surface area contributed by atoms with E-state index in [9.17, 15) is 4.21 Å². The molecule has 2 rings (SSSR count). The Morgan fingerprint density at radius 2 is 1.83 bits per heavy atom. The lowest BCUT2D eigenvalue weighted by Crippen LogP contribution is -2.39. The van der Waals surface area contributed by atoms with Crippen molar-refractivity contribution < 1.29 is 4.21 Å². The van der Waals surface area contributed by atoms with Crippen LogP contribution in [-0.4, -0.2) is 22.5 Å². The van der Waals surface area contributed by atoms with E-state index in [1.807, 2.05) is 31.3 Å². The minimum Gasteiger partial charge on any atom is -0.316 e. The second-order valence-electron chi connectivity index (χ2n) is 4.82. The Bertz CT molecular complexity index is 407. The first-order valence-electron chi connectivity index (χ1n) is 6.56. The molecule has 0 amide bonds. The highest BCUT2D eigenvalue weighted by Crippen LogP contribution is 2.26. The van der Waals surface area contributed by atoms with E-state index in [1.165, 1.54) is 19.3 Å². The zero-order valence-electron chi connectivity index (χ0n) is 10.7. The van der Waals surface area contributed by atoms with Gasteiger partial charge in [0.05, 0.1) is 16.0 Å². The second-order valence-corrected chi connectivity index (χ2v) is 7.41. The van der Waals surface area contributed by atoms with E-state index < -0.39 is 10.8 Å². The Balaban J connectivity index is 2.17. The summed E-state index contributed by atoms with van der Waals surface area (Å²) in [4.78, 5) is 0.949. The molecule has 1 saturated carbocycles. The van der Waals surface area contributed by atoms with Crippen LogP contribution < -0.4 is 5.32 Å². The van der Waals surface area contributed by atoms with Crippen molar-refractivity contribution in [1.82, 2.24) is 5.32 Å². The highest BCUT2D eigenvalue weighted by Gasteiger charge is 2.28. The van der Waals surface area contributed by atoms with Crippen LogP contribution in [-0.2, 0) is 10.8 Å². The summed E-state index contributed by atoms with van der Waals surface area (Å²) in [5, 5.41) is 3.60. The van der Waals surface area contributed by atoms with Crippen LogP contribution in [0.4, 0.5) is 0 Å². The van der Waals surface area contributed by atoms with E-state index in [2.05, 4.69) is 21.2 Å². The van der Waals surface area contributed by atoms with Gasteiger partial charge in [-0.2, -0.15) is 0 Å². The molecule has 0 aromatic heterocycles. The average Bonchev–Trinajstić information content (AvgIpc) is 2.63. The lowest BCUT2D eigenvalue weighted by Gasteiger charge is -2.24. The fraction of sp³-hybridized carbons (Fsp3) is 0.571. The summed E-state index contributed by atoms with van der Waals surface area (Å²) in [6.45, 7) is 0. The lowest BCUT2D eigenvalue weighted by atomic mass is 10.1. The van der Waals surface area contributed by atoms with Gasteiger partial charge in [0.15, 0.2) is 0 Å². The van der Waals surface area contributed by atoms with Gasteiger partial charge in [0, 0.05) is 15.4 Å². The summed E-state index contributed by atoms with van der Waals surface area (Å²) in [6, 6.07) is 8.27. The van der Waals surface area contributed by atoms with Crippen LogP contribution in [0.3, 0.4) is 0 Å². The third-order valence-corrected chi connectivity index (χ3v) is 6.02. The lowest BCUT2D eigenvalue weighted by molar-refractivity contribution is 0.500. The molecule has 0 radical (unpaired) electrons. The molecule has 0 heterocycles. The van der Waals surface area contributed by atoms with Crippen LogP contribution in [0.2, 0.25) is 0 Å². The quantitative estimate of drug-likeness (QED) is 0.860. The van der Waals surface area contributed by atoms with Crippen LogP contribution >= 0.6 is 15.9 Å². The smallest absolute Gasteiger partial charge is 0.0576 e. The van der Waals surface area contributed by atoms with Crippen molar-refractivity contribution in [1.29, 1.82) is 0 Å². The molecule has 0 bridgehead atoms. The molecule has 1 aliphatic rings. The number of hydrogen-bond donors (Lipinski definition) is 1. The Morgan fingerprint density at radius 3 is 2.50 bits per heavy atom. The molecule has 1 N–H and O–H groups in total. The van der Waals surface area contributed by atoms with E-state index in [4.69, 9.17) is 0 Å². The number of nitrogens with one attached hydrogen (secondary N) is 1. The minimum absolute atomic E-state index is 0.249. The molecular formula is C14H20BrNOS. The molecule has 0 spiro atoms. The second kappa shape index (κ2) is 6.83. The Morgan fingerprint density at radius 1 is 1.17 bits per heavy atom. The monoisotopic (exact) mass is 329 g/mol. The van der Waals surface area contributed by atoms with E-state index >= 15 is 0 Å². The van der Waals surface area contributed by atoms with Gasteiger partial charge in [-0.15, -0.1) is 0 Å². The number of rotatable bonds is 3. The van der Waals surface area contributed by atoms with Crippen molar-refractivity contribution in [3.8, 4) is 0 Å². The molecule has 100 valence electrons. The standard InChI is InChI=1S/C14H20BrNOS/c1-16-13-5-3-2-4-6-14(13)18(17)12-9-7-11(15)8-10-12/h7-10,13-14,16H,2-6H2,1H3. The van der Waals surface area contributed by atoms with Gasteiger partial charge in [-0.05, 0) is 44.2 Å². The third kappa shape index (κ3) is 3.43. The molecule has 0 saturated heterocycles. The molecule has 1 aromatic rings. The normalized spacial score (nSPS) is 26.6. The van der Waals surface area contributed by atoms with Crippen molar-refractivity contribution in [2.24, 2.45) is 0 Å². The van der Waals surface area contributed by atoms with Gasteiger partial charge >= 0.3 is 0 Å². The predicted molar refractivity (Wildman–Crippen MR) is 80.3 cm³/mol. The van der Waals surface area contributed by atoms with Gasteiger partial charge in [0.25, 0.3) is 0 Å². The van der Waals surface area contributed by atoms with Gasteiger partial charge in [0.1, 0.15) is 0 Å². The first kappa shape index (κ1) is 14.2. The molecular weight excluding hydrogens is 310 g/mol. The van der Waals surface area contributed by atoms with Crippen molar-refractivity contribution >= 4 is 26.7 Å². The van der Waals surface area contributed by atoms with Gasteiger partial charge < -0.3 is 5.32 Å². The topological polar surface area (TPSA) is 29.1 Å². The van der Waals surface area contributed by atoms with Crippen molar-refractivity contribution in [2.75, 3.05) is 7.05 Å². The summed E-state index contributed by atoms with van der Waals surface area (Å²) in [6.07, 6.45) is 5.93. The average molecular weight is 330 g/mol. The van der Waals surface area contributed by atoms with E-state index in [-0.39, 0.29) is 5.25 Å². The van der Waals surface area contributed by atoms with Gasteiger partial charge in [-0.1, -0.05) is 35.2 Å². The molecule has 4 heteroatoms. The maximum absolute atomic E-state index is 12.7. The predicted octanol–water partition coefficient (Wildman–Crippen LogP) is 3.48. The molecule has 1 aliphatic carbocycles. The maximum atomic E-state index is 12.7. The molecule has 3 atom stereocenters. The van der Waals surface area contributed by atoms with Crippen LogP contribution in [0, 0.1) is 0 Å². The molecule has 3 unspecified atom stereocenters. The zero-order chi connectivity index (χ0) is 13.0. The fourth-order valence-corrected chi connectivity index (χ4v) is 4.57. The Hall–Kier alpha value is -0.190. The zero-order valence-corrected chi connectivity index (χ0v) is 13.1. The van der Waals surface area contributed by atoms with Crippen molar-refractivity contribution in [3.05, 3.63) is 28.7 Å². The largest absolute Gasteiger partial charge is 0.316 e. The number of benzene rings is 1. The van der Waals surface area contributed by atoms with Crippen LogP contribution in [0.1, 0.15) is 32.1 Å². The minimum atomic E-state index is -0.903. The first-order valence-corrected chi connectivity index (χ1v) is 8.56. The summed E-state index contributed by atoms with van der Waals surface area (Å²) in [7, 11) is 1.09. The summed E-state index contributed by atoms with van der Waals surface area (Å²) in [5.74, 6) is 0. The fourth-order valence-electron chi connectivity index (χ4n) is 2.60. The van der Waals surface area contributed by atoms with Gasteiger partial charge in [-0.25, -0.2) is 0 Å². The summed E-state index contributed by atoms with van der Waals surface area (Å²) < 4.78 is 13.7. The first-order chi connectivity index (χ1) is 8.72. The summed E-state index contributed by atoms with van der Waals surface area (Å²) in [5.41, 5.74) is 0. The van der Waals surface area contributed by atoms with E-state index in [0.29, 0.717) is 6.04 Å². The molecule has 2 nitrogen and oxygen atoms in total. The Labute approximate surface area is 120 Å². The van der Waals surface area contributed by atoms with Crippen LogP contribution in [0.25, 0.3) is 0 Å². The summed E-state index contributed by atoms with van der Waals surface area (Å²) >= 11 is 3.42.